The molecule has 0 heterocycles. The molecule has 0 aliphatic heterocycles. The molecule has 23 heavy (non-hydrogen) atoms. The van der Waals surface area contributed by atoms with E-state index in [9.17, 15) is 18.0 Å². The van der Waals surface area contributed by atoms with Crippen molar-refractivity contribution < 1.29 is 22.7 Å². The van der Waals surface area contributed by atoms with Crippen molar-refractivity contribution in [2.24, 2.45) is 11.1 Å². The quantitative estimate of drug-likeness (QED) is 0.871. The van der Waals surface area contributed by atoms with Gasteiger partial charge in [-0.15, -0.1) is 0 Å². The predicted octanol–water partition coefficient (Wildman–Crippen LogP) is 2.92. The smallest absolute Gasteiger partial charge is 0.419 e. The Morgan fingerprint density at radius 3 is 2.39 bits per heavy atom. The third-order valence-electron chi connectivity index (χ3n) is 3.44. The van der Waals surface area contributed by atoms with Crippen molar-refractivity contribution in [2.45, 2.75) is 33.1 Å². The summed E-state index contributed by atoms with van der Waals surface area (Å²) in [6, 6.07) is 4.84. The molecule has 1 amide bonds. The Kier molecular flexibility index (Phi) is 6.04. The van der Waals surface area contributed by atoms with E-state index in [2.05, 4.69) is 0 Å². The van der Waals surface area contributed by atoms with Gasteiger partial charge in [-0.1, -0.05) is 26.0 Å². The van der Waals surface area contributed by atoms with Gasteiger partial charge in [0.1, 0.15) is 5.75 Å². The Bertz CT molecular complexity index is 544. The number of nitrogens with zero attached hydrogens (tertiary/aromatic N) is 1. The van der Waals surface area contributed by atoms with E-state index in [0.29, 0.717) is 13.1 Å². The van der Waals surface area contributed by atoms with E-state index in [-0.39, 0.29) is 11.2 Å². The lowest BCUT2D eigenvalue weighted by Crippen LogP contribution is -2.44. The first kappa shape index (κ1) is 19.3. The fraction of sp³-hybridized carbons (Fsp3) is 0.562. The maximum atomic E-state index is 12.9. The van der Waals surface area contributed by atoms with Crippen LogP contribution in [0.1, 0.15) is 26.3 Å². The maximum absolute atomic E-state index is 12.9. The van der Waals surface area contributed by atoms with E-state index in [4.69, 9.17) is 10.5 Å². The third-order valence-corrected chi connectivity index (χ3v) is 3.44. The van der Waals surface area contributed by atoms with Gasteiger partial charge in [0.05, 0.1) is 5.56 Å². The fourth-order valence-corrected chi connectivity index (χ4v) is 2.14. The lowest BCUT2D eigenvalue weighted by atomic mass is 9.93. The first-order valence-electron chi connectivity index (χ1n) is 7.26. The van der Waals surface area contributed by atoms with Crippen LogP contribution in [0.15, 0.2) is 24.3 Å². The molecule has 0 spiro atoms. The van der Waals surface area contributed by atoms with Crippen LogP contribution in [-0.4, -0.2) is 37.0 Å². The molecule has 1 unspecified atom stereocenters. The average molecular weight is 332 g/mol. The molecule has 0 fully saturated rings. The van der Waals surface area contributed by atoms with Gasteiger partial charge in [0.25, 0.3) is 5.91 Å². The molecule has 0 aromatic heterocycles. The summed E-state index contributed by atoms with van der Waals surface area (Å²) in [5.74, 6) is -0.754. The average Bonchev–Trinajstić information content (AvgIpc) is 2.45. The predicted molar refractivity (Wildman–Crippen MR) is 82.0 cm³/mol. The number of rotatable bonds is 6. The molecule has 1 aromatic carbocycles. The minimum Gasteiger partial charge on any atom is -0.480 e. The van der Waals surface area contributed by atoms with Gasteiger partial charge in [0, 0.05) is 13.6 Å². The number of amides is 1. The van der Waals surface area contributed by atoms with Gasteiger partial charge in [-0.3, -0.25) is 4.79 Å². The topological polar surface area (TPSA) is 55.6 Å². The number of ether oxygens (including phenoxy) is 1. The number of alkyl halides is 3. The number of halogens is 3. The van der Waals surface area contributed by atoms with Crippen molar-refractivity contribution in [3.8, 4) is 5.75 Å². The van der Waals surface area contributed by atoms with Crippen molar-refractivity contribution in [3.63, 3.8) is 0 Å². The molecule has 0 aliphatic carbocycles. The van der Waals surface area contributed by atoms with Crippen LogP contribution in [0.25, 0.3) is 0 Å². The Morgan fingerprint density at radius 1 is 1.30 bits per heavy atom. The minimum atomic E-state index is -4.53. The Hall–Kier alpha value is -1.76. The molecule has 130 valence electrons. The molecule has 4 nitrogen and oxygen atoms in total. The number of hydrogen-bond acceptors (Lipinski definition) is 3. The first-order chi connectivity index (χ1) is 10.5. The van der Waals surface area contributed by atoms with E-state index < -0.39 is 23.8 Å². The van der Waals surface area contributed by atoms with Crippen LogP contribution >= 0.6 is 0 Å². The molecule has 0 saturated heterocycles. The van der Waals surface area contributed by atoms with Gasteiger partial charge >= 0.3 is 6.18 Å². The van der Waals surface area contributed by atoms with E-state index in [1.807, 2.05) is 13.8 Å². The maximum Gasteiger partial charge on any atom is 0.419 e. The first-order valence-corrected chi connectivity index (χ1v) is 7.26. The van der Waals surface area contributed by atoms with Crippen molar-refractivity contribution >= 4 is 5.91 Å². The molecule has 0 bridgehead atoms. The lowest BCUT2D eigenvalue weighted by molar-refractivity contribution is -0.143. The van der Waals surface area contributed by atoms with Gasteiger partial charge in [0.15, 0.2) is 6.10 Å². The zero-order valence-electron chi connectivity index (χ0n) is 13.8. The highest BCUT2D eigenvalue weighted by Gasteiger charge is 2.35. The third kappa shape index (κ3) is 5.42. The number of para-hydroxylation sites is 1. The van der Waals surface area contributed by atoms with E-state index in [0.717, 1.165) is 6.07 Å². The summed E-state index contributed by atoms with van der Waals surface area (Å²) in [5, 5.41) is 0. The van der Waals surface area contributed by atoms with Crippen molar-refractivity contribution in [3.05, 3.63) is 29.8 Å². The molecule has 0 radical (unpaired) electrons. The zero-order valence-corrected chi connectivity index (χ0v) is 13.8. The molecule has 1 aromatic rings. The Morgan fingerprint density at radius 2 is 1.87 bits per heavy atom. The van der Waals surface area contributed by atoms with Crippen LogP contribution in [0.2, 0.25) is 0 Å². The van der Waals surface area contributed by atoms with Crippen LogP contribution in [-0.2, 0) is 11.0 Å². The molecular formula is C16H23F3N2O2. The molecule has 2 N–H and O–H groups in total. The van der Waals surface area contributed by atoms with E-state index >= 15 is 0 Å². The summed E-state index contributed by atoms with van der Waals surface area (Å²) in [4.78, 5) is 13.7. The summed E-state index contributed by atoms with van der Waals surface area (Å²) in [7, 11) is 1.58. The summed E-state index contributed by atoms with van der Waals surface area (Å²) in [5.41, 5.74) is 4.45. The second-order valence-corrected chi connectivity index (χ2v) is 6.32. The second kappa shape index (κ2) is 7.21. The largest absolute Gasteiger partial charge is 0.480 e. The molecule has 1 atom stereocenters. The fourth-order valence-electron chi connectivity index (χ4n) is 2.14. The number of carbonyl (C=O) groups excluding carboxylic acids is 1. The highest BCUT2D eigenvalue weighted by atomic mass is 19.4. The van der Waals surface area contributed by atoms with Crippen molar-refractivity contribution in [2.75, 3.05) is 20.1 Å². The number of hydrogen-bond donors (Lipinski definition) is 1. The normalized spacial score (nSPS) is 13.6. The van der Waals surface area contributed by atoms with Crippen LogP contribution in [0.5, 0.6) is 5.75 Å². The van der Waals surface area contributed by atoms with Crippen molar-refractivity contribution in [1.82, 2.24) is 4.90 Å². The molecule has 0 saturated carbocycles. The van der Waals surface area contributed by atoms with E-state index in [1.54, 1.807) is 7.05 Å². The zero-order chi connectivity index (χ0) is 17.8. The van der Waals surface area contributed by atoms with Gasteiger partial charge in [0.2, 0.25) is 0 Å². The van der Waals surface area contributed by atoms with Gasteiger partial charge in [-0.05, 0) is 31.0 Å². The number of likely N-dealkylation sites (N-methyl/N-ethyl adjacent to an activating group) is 1. The van der Waals surface area contributed by atoms with Gasteiger partial charge < -0.3 is 15.4 Å². The molecular weight excluding hydrogens is 309 g/mol. The summed E-state index contributed by atoms with van der Waals surface area (Å²) < 4.78 is 44.1. The Balaban J connectivity index is 2.84. The minimum absolute atomic E-state index is 0.284. The highest BCUT2D eigenvalue weighted by molar-refractivity contribution is 5.80. The molecule has 7 heteroatoms. The Labute approximate surface area is 134 Å². The van der Waals surface area contributed by atoms with Crippen LogP contribution < -0.4 is 10.5 Å². The molecule has 0 aliphatic rings. The van der Waals surface area contributed by atoms with Gasteiger partial charge in [-0.25, -0.2) is 0 Å². The van der Waals surface area contributed by atoms with E-state index in [1.165, 1.54) is 30.0 Å². The summed E-state index contributed by atoms with van der Waals surface area (Å²) >= 11 is 0. The van der Waals surface area contributed by atoms with Gasteiger partial charge in [-0.2, -0.15) is 13.2 Å². The number of nitrogens with two attached hydrogens (primary N) is 1. The second-order valence-electron chi connectivity index (χ2n) is 6.32. The standard InChI is InChI=1S/C16H23F3N2O2/c1-11(14(22)21(4)10-15(2,3)9-20)23-13-8-6-5-7-12(13)16(17,18)19/h5-8,11H,9-10,20H2,1-4H3. The van der Waals surface area contributed by atoms with Crippen LogP contribution in [0.4, 0.5) is 13.2 Å². The molecule has 1 rings (SSSR count). The number of carbonyl (C=O) groups is 1. The highest BCUT2D eigenvalue weighted by Crippen LogP contribution is 2.36. The van der Waals surface area contributed by atoms with Crippen molar-refractivity contribution in [1.29, 1.82) is 0 Å². The summed E-state index contributed by atoms with van der Waals surface area (Å²) in [6.45, 7) is 6.01. The lowest BCUT2D eigenvalue weighted by Gasteiger charge is -2.30. The SMILES string of the molecule is CC(Oc1ccccc1C(F)(F)F)C(=O)N(C)CC(C)(C)CN. The summed E-state index contributed by atoms with van der Waals surface area (Å²) in [6.07, 6.45) is -5.57. The monoisotopic (exact) mass is 332 g/mol. The van der Waals surface area contributed by atoms with Crippen LogP contribution in [0.3, 0.4) is 0 Å². The van der Waals surface area contributed by atoms with Crippen LogP contribution in [0, 0.1) is 5.41 Å². The number of benzene rings is 1.